The normalized spacial score (nSPS) is 37.2. The maximum Gasteiger partial charge on any atom is 0.0863 e. The van der Waals surface area contributed by atoms with Crippen molar-refractivity contribution in [2.24, 2.45) is 10.8 Å². The monoisotopic (exact) mass is 241 g/mol. The third-order valence-electron chi connectivity index (χ3n) is 5.29. The minimum atomic E-state index is -0.674. The number of likely N-dealkylation sites (tertiary alicyclic amines) is 1. The molecule has 1 unspecified atom stereocenters. The molecule has 2 aliphatic rings. The van der Waals surface area contributed by atoms with E-state index in [9.17, 15) is 10.2 Å². The van der Waals surface area contributed by atoms with Gasteiger partial charge in [0.25, 0.3) is 0 Å². The van der Waals surface area contributed by atoms with E-state index in [2.05, 4.69) is 25.8 Å². The van der Waals surface area contributed by atoms with E-state index in [1.54, 1.807) is 0 Å². The van der Waals surface area contributed by atoms with Crippen LogP contribution in [0.15, 0.2) is 0 Å². The molecule has 2 N–H and O–H groups in total. The van der Waals surface area contributed by atoms with Crippen LogP contribution in [-0.4, -0.2) is 47.5 Å². The molecule has 3 nitrogen and oxygen atoms in total. The van der Waals surface area contributed by atoms with E-state index in [0.717, 1.165) is 38.6 Å². The van der Waals surface area contributed by atoms with Crippen LogP contribution in [0, 0.1) is 10.8 Å². The van der Waals surface area contributed by atoms with E-state index >= 15 is 0 Å². The van der Waals surface area contributed by atoms with Gasteiger partial charge in [-0.1, -0.05) is 13.8 Å². The number of rotatable bonds is 2. The summed E-state index contributed by atoms with van der Waals surface area (Å²) in [7, 11) is 2.05. The van der Waals surface area contributed by atoms with Crippen LogP contribution in [0.4, 0.5) is 0 Å². The smallest absolute Gasteiger partial charge is 0.0863 e. The van der Waals surface area contributed by atoms with E-state index < -0.39 is 5.60 Å². The van der Waals surface area contributed by atoms with Crippen molar-refractivity contribution in [2.45, 2.75) is 51.6 Å². The summed E-state index contributed by atoms with van der Waals surface area (Å²) in [6, 6.07) is 0. The molecule has 0 aromatic rings. The zero-order valence-corrected chi connectivity index (χ0v) is 11.5. The molecule has 0 radical (unpaired) electrons. The average Bonchev–Trinajstić information content (AvgIpc) is 2.61. The van der Waals surface area contributed by atoms with Crippen molar-refractivity contribution in [1.29, 1.82) is 0 Å². The first kappa shape index (κ1) is 13.3. The molecule has 0 aromatic carbocycles. The molecule has 1 saturated carbocycles. The Balaban J connectivity index is 2.16. The van der Waals surface area contributed by atoms with Gasteiger partial charge >= 0.3 is 0 Å². The van der Waals surface area contributed by atoms with Gasteiger partial charge in [-0.15, -0.1) is 0 Å². The highest BCUT2D eigenvalue weighted by Crippen LogP contribution is 2.52. The Hall–Kier alpha value is -0.120. The van der Waals surface area contributed by atoms with Crippen molar-refractivity contribution in [3.05, 3.63) is 0 Å². The molecule has 0 amide bonds. The molecule has 2 rings (SSSR count). The number of aliphatic hydroxyl groups is 2. The maximum atomic E-state index is 10.9. The van der Waals surface area contributed by atoms with Gasteiger partial charge in [-0.25, -0.2) is 0 Å². The third kappa shape index (κ3) is 2.25. The Morgan fingerprint density at radius 3 is 2.06 bits per heavy atom. The van der Waals surface area contributed by atoms with E-state index in [1.807, 2.05) is 0 Å². The largest absolute Gasteiger partial charge is 0.396 e. The van der Waals surface area contributed by atoms with Gasteiger partial charge < -0.3 is 15.1 Å². The Labute approximate surface area is 105 Å². The zero-order valence-electron chi connectivity index (χ0n) is 11.5. The van der Waals surface area contributed by atoms with Crippen molar-refractivity contribution in [2.75, 3.05) is 26.7 Å². The number of likely N-dealkylation sites (N-methyl/N-ethyl adjacent to an activating group) is 1. The van der Waals surface area contributed by atoms with Crippen LogP contribution < -0.4 is 0 Å². The Bertz CT molecular complexity index is 280. The van der Waals surface area contributed by atoms with Crippen LogP contribution in [0.3, 0.4) is 0 Å². The quantitative estimate of drug-likeness (QED) is 0.772. The van der Waals surface area contributed by atoms with Crippen LogP contribution in [0.2, 0.25) is 0 Å². The topological polar surface area (TPSA) is 43.7 Å². The first-order valence-corrected chi connectivity index (χ1v) is 6.84. The summed E-state index contributed by atoms with van der Waals surface area (Å²) in [5.41, 5.74) is -0.556. The van der Waals surface area contributed by atoms with Gasteiger partial charge in [-0.3, -0.25) is 0 Å². The van der Waals surface area contributed by atoms with Crippen LogP contribution >= 0.6 is 0 Å². The summed E-state index contributed by atoms with van der Waals surface area (Å²) in [5.74, 6) is 0. The van der Waals surface area contributed by atoms with Crippen LogP contribution in [0.5, 0.6) is 0 Å². The lowest BCUT2D eigenvalue weighted by Gasteiger charge is -2.50. The molecule has 1 aliphatic carbocycles. The summed E-state index contributed by atoms with van der Waals surface area (Å²) in [6.07, 6.45) is 4.95. The van der Waals surface area contributed by atoms with Gasteiger partial charge in [0.1, 0.15) is 0 Å². The second-order valence-electron chi connectivity index (χ2n) is 7.12. The Morgan fingerprint density at radius 2 is 1.65 bits per heavy atom. The molecular formula is C14H27NO2. The van der Waals surface area contributed by atoms with Crippen molar-refractivity contribution in [1.82, 2.24) is 4.90 Å². The molecule has 17 heavy (non-hydrogen) atoms. The molecule has 0 aromatic heterocycles. The number of nitrogens with zero attached hydrogens (tertiary/aromatic N) is 1. The van der Waals surface area contributed by atoms with Crippen molar-refractivity contribution >= 4 is 0 Å². The molecular weight excluding hydrogens is 214 g/mol. The fraction of sp³-hybridized carbons (Fsp3) is 1.00. The summed E-state index contributed by atoms with van der Waals surface area (Å²) in [6.45, 7) is 6.38. The number of β-amino-alcohol motifs (C(OH)–C–C–N with tert-alkyl or cyclic N) is 1. The first-order valence-electron chi connectivity index (χ1n) is 6.84. The molecule has 3 heteroatoms. The highest BCUT2D eigenvalue weighted by molar-refractivity contribution is 5.06. The maximum absolute atomic E-state index is 10.9. The molecule has 1 aliphatic heterocycles. The number of hydrogen-bond donors (Lipinski definition) is 2. The highest BCUT2D eigenvalue weighted by atomic mass is 16.3. The number of hydrogen-bond acceptors (Lipinski definition) is 3. The fourth-order valence-electron chi connectivity index (χ4n) is 3.59. The molecule has 0 bridgehead atoms. The lowest BCUT2D eigenvalue weighted by atomic mass is 9.58. The van der Waals surface area contributed by atoms with Gasteiger partial charge in [-0.2, -0.15) is 0 Å². The standard InChI is InChI=1S/C14H27NO2/c1-12(2)4-6-13(11-16,7-5-12)14(17)8-9-15(3)10-14/h16-17H,4-11H2,1-3H3. The lowest BCUT2D eigenvalue weighted by molar-refractivity contribution is -0.130. The highest BCUT2D eigenvalue weighted by Gasteiger charge is 2.54. The summed E-state index contributed by atoms with van der Waals surface area (Å²) >= 11 is 0. The third-order valence-corrected chi connectivity index (χ3v) is 5.29. The van der Waals surface area contributed by atoms with Gasteiger partial charge in [0.2, 0.25) is 0 Å². The minimum absolute atomic E-state index is 0.132. The SMILES string of the molecule is CN1CCC(O)(C2(CO)CCC(C)(C)CC2)C1. The summed E-state index contributed by atoms with van der Waals surface area (Å²) in [5, 5.41) is 20.8. The van der Waals surface area contributed by atoms with Gasteiger partial charge in [-0.05, 0) is 44.6 Å². The van der Waals surface area contributed by atoms with Crippen molar-refractivity contribution < 1.29 is 10.2 Å². The second kappa shape index (κ2) is 4.22. The Morgan fingerprint density at radius 1 is 1.06 bits per heavy atom. The van der Waals surface area contributed by atoms with E-state index in [0.29, 0.717) is 12.0 Å². The van der Waals surface area contributed by atoms with E-state index in [1.165, 1.54) is 0 Å². The van der Waals surface area contributed by atoms with Crippen LogP contribution in [-0.2, 0) is 0 Å². The Kier molecular flexibility index (Phi) is 3.30. The van der Waals surface area contributed by atoms with Gasteiger partial charge in [0.15, 0.2) is 0 Å². The van der Waals surface area contributed by atoms with Crippen LogP contribution in [0.1, 0.15) is 46.0 Å². The van der Waals surface area contributed by atoms with E-state index in [4.69, 9.17) is 0 Å². The molecule has 1 saturated heterocycles. The minimum Gasteiger partial charge on any atom is -0.396 e. The predicted octanol–water partition coefficient (Wildman–Crippen LogP) is 1.63. The fourth-order valence-corrected chi connectivity index (χ4v) is 3.59. The molecule has 1 heterocycles. The second-order valence-corrected chi connectivity index (χ2v) is 7.12. The van der Waals surface area contributed by atoms with Crippen molar-refractivity contribution in [3.8, 4) is 0 Å². The molecule has 100 valence electrons. The first-order chi connectivity index (χ1) is 7.83. The summed E-state index contributed by atoms with van der Waals surface area (Å²) < 4.78 is 0. The van der Waals surface area contributed by atoms with Crippen LogP contribution in [0.25, 0.3) is 0 Å². The number of aliphatic hydroxyl groups excluding tert-OH is 1. The lowest BCUT2D eigenvalue weighted by Crippen LogP contribution is -2.54. The zero-order chi connectivity index (χ0) is 12.7. The molecule has 2 fully saturated rings. The molecule has 1 atom stereocenters. The predicted molar refractivity (Wildman–Crippen MR) is 68.8 cm³/mol. The average molecular weight is 241 g/mol. The van der Waals surface area contributed by atoms with Gasteiger partial charge in [0.05, 0.1) is 12.2 Å². The summed E-state index contributed by atoms with van der Waals surface area (Å²) in [4.78, 5) is 2.18. The molecule has 0 spiro atoms. The van der Waals surface area contributed by atoms with Crippen molar-refractivity contribution in [3.63, 3.8) is 0 Å². The van der Waals surface area contributed by atoms with Gasteiger partial charge in [0, 0.05) is 18.5 Å². The van der Waals surface area contributed by atoms with E-state index in [-0.39, 0.29) is 12.0 Å².